The molecule has 0 unspecified atom stereocenters. The number of hydrogen-bond donors (Lipinski definition) is 1. The van der Waals surface area contributed by atoms with Crippen LogP contribution in [0.25, 0.3) is 10.9 Å². The lowest BCUT2D eigenvalue weighted by atomic mass is 9.78. The van der Waals surface area contributed by atoms with Gasteiger partial charge in [-0.05, 0) is 45.9 Å². The third-order valence-electron chi connectivity index (χ3n) is 4.74. The van der Waals surface area contributed by atoms with Gasteiger partial charge in [0.15, 0.2) is 0 Å². The van der Waals surface area contributed by atoms with Crippen LogP contribution >= 0.6 is 0 Å². The predicted molar refractivity (Wildman–Crippen MR) is 84.7 cm³/mol. The van der Waals surface area contributed by atoms with Gasteiger partial charge in [-0.15, -0.1) is 0 Å². The van der Waals surface area contributed by atoms with Crippen LogP contribution in [0.15, 0.2) is 24.4 Å². The van der Waals surface area contributed by atoms with Gasteiger partial charge in [0, 0.05) is 29.1 Å². The Kier molecular flexibility index (Phi) is 3.59. The Balaban J connectivity index is 2.04. The van der Waals surface area contributed by atoms with Crippen molar-refractivity contribution in [1.82, 2.24) is 4.57 Å². The quantitative estimate of drug-likeness (QED) is 0.883. The summed E-state index contributed by atoms with van der Waals surface area (Å²) in [5, 5.41) is 9.92. The fourth-order valence-corrected chi connectivity index (χ4v) is 2.68. The minimum absolute atomic E-state index is 0.0347. The average molecular weight is 305 g/mol. The highest BCUT2D eigenvalue weighted by molar-refractivity contribution is 6.62. The second-order valence-corrected chi connectivity index (χ2v) is 6.75. The van der Waals surface area contributed by atoms with Crippen LogP contribution in [0.3, 0.4) is 0 Å². The van der Waals surface area contributed by atoms with E-state index in [4.69, 9.17) is 14.4 Å². The summed E-state index contributed by atoms with van der Waals surface area (Å²) in [6.45, 7) is 8.27. The summed E-state index contributed by atoms with van der Waals surface area (Å²) >= 11 is 0. The van der Waals surface area contributed by atoms with E-state index < -0.39 is 18.3 Å². The summed E-state index contributed by atoms with van der Waals surface area (Å²) in [7, 11) is -0.730. The Hall–Kier alpha value is -1.37. The van der Waals surface area contributed by atoms with Crippen molar-refractivity contribution < 1.29 is 18.8 Å². The lowest BCUT2D eigenvalue weighted by Gasteiger charge is -2.32. The number of halogens is 1. The summed E-state index contributed by atoms with van der Waals surface area (Å²) in [6, 6.07) is 5.08. The molecule has 118 valence electrons. The van der Waals surface area contributed by atoms with E-state index in [2.05, 4.69) is 0 Å². The molecule has 2 heterocycles. The maximum atomic E-state index is 14.5. The first-order chi connectivity index (χ1) is 10.2. The van der Waals surface area contributed by atoms with Crippen molar-refractivity contribution in [3.05, 3.63) is 30.2 Å². The van der Waals surface area contributed by atoms with Crippen LogP contribution in [-0.2, 0) is 15.9 Å². The zero-order valence-electron chi connectivity index (χ0n) is 13.4. The summed E-state index contributed by atoms with van der Waals surface area (Å²) in [5.74, 6) is -0.340. The molecule has 3 rings (SSSR count). The van der Waals surface area contributed by atoms with Gasteiger partial charge < -0.3 is 19.0 Å². The van der Waals surface area contributed by atoms with E-state index >= 15 is 0 Å². The number of benzene rings is 1. The molecule has 0 spiro atoms. The Bertz CT molecular complexity index is 695. The van der Waals surface area contributed by atoms with Crippen molar-refractivity contribution in [3.8, 4) is 0 Å². The van der Waals surface area contributed by atoms with E-state index in [0.29, 0.717) is 12.0 Å². The van der Waals surface area contributed by atoms with Gasteiger partial charge in [-0.2, -0.15) is 0 Å². The Morgan fingerprint density at radius 2 is 1.82 bits per heavy atom. The van der Waals surface area contributed by atoms with Gasteiger partial charge in [-0.3, -0.25) is 0 Å². The maximum Gasteiger partial charge on any atom is 0.497 e. The van der Waals surface area contributed by atoms with Crippen LogP contribution in [0.2, 0.25) is 0 Å². The molecule has 1 aromatic carbocycles. The fourth-order valence-electron chi connectivity index (χ4n) is 2.68. The predicted octanol–water partition coefficient (Wildman–Crippen LogP) is 2.07. The molecule has 1 N–H and O–H groups in total. The molecule has 0 atom stereocenters. The number of fused-ring (bicyclic) bond motifs is 1. The van der Waals surface area contributed by atoms with E-state index in [-0.39, 0.29) is 12.4 Å². The Labute approximate surface area is 130 Å². The van der Waals surface area contributed by atoms with Crippen LogP contribution in [0.4, 0.5) is 4.39 Å². The molecule has 1 aromatic heterocycles. The van der Waals surface area contributed by atoms with Crippen molar-refractivity contribution in [1.29, 1.82) is 0 Å². The lowest BCUT2D eigenvalue weighted by Crippen LogP contribution is -2.41. The standard InChI is InChI=1S/C16H21BFNO3/c1-15(2)16(3,4)22-17(21-15)12-10-14-11(9-13(12)18)5-6-19(14)7-8-20/h5-6,9-10,20H,7-8H2,1-4H3. The lowest BCUT2D eigenvalue weighted by molar-refractivity contribution is 0.00578. The zero-order chi connectivity index (χ0) is 16.1. The number of aromatic nitrogens is 1. The molecular weight excluding hydrogens is 284 g/mol. The van der Waals surface area contributed by atoms with Crippen LogP contribution < -0.4 is 5.46 Å². The van der Waals surface area contributed by atoms with E-state index in [9.17, 15) is 4.39 Å². The van der Waals surface area contributed by atoms with Crippen LogP contribution in [0.1, 0.15) is 27.7 Å². The average Bonchev–Trinajstić information content (AvgIpc) is 2.88. The first-order valence-corrected chi connectivity index (χ1v) is 7.50. The molecule has 0 amide bonds. The summed E-state index contributed by atoms with van der Waals surface area (Å²) < 4.78 is 28.2. The van der Waals surface area contributed by atoms with Crippen LogP contribution in [-0.4, -0.2) is 34.6 Å². The molecule has 0 aliphatic carbocycles. The molecular formula is C16H21BFNO3. The summed E-state index contributed by atoms with van der Waals surface area (Å²) in [6.07, 6.45) is 1.84. The second-order valence-electron chi connectivity index (χ2n) is 6.75. The Morgan fingerprint density at radius 3 is 2.41 bits per heavy atom. The van der Waals surface area contributed by atoms with Crippen molar-refractivity contribution in [2.75, 3.05) is 6.61 Å². The normalized spacial score (nSPS) is 20.0. The van der Waals surface area contributed by atoms with Gasteiger partial charge in [-0.25, -0.2) is 4.39 Å². The van der Waals surface area contributed by atoms with E-state index in [1.54, 1.807) is 6.07 Å². The molecule has 0 saturated carbocycles. The SMILES string of the molecule is CC1(C)OB(c2cc3c(ccn3CCO)cc2F)OC1(C)C. The largest absolute Gasteiger partial charge is 0.497 e. The van der Waals surface area contributed by atoms with Gasteiger partial charge in [0.2, 0.25) is 0 Å². The number of nitrogens with zero attached hydrogens (tertiary/aromatic N) is 1. The minimum atomic E-state index is -0.730. The Morgan fingerprint density at radius 1 is 1.18 bits per heavy atom. The van der Waals surface area contributed by atoms with E-state index in [1.165, 1.54) is 6.07 Å². The van der Waals surface area contributed by atoms with Crippen molar-refractivity contribution >= 4 is 23.5 Å². The molecule has 2 aromatic rings. The monoisotopic (exact) mass is 305 g/mol. The van der Waals surface area contributed by atoms with Gasteiger partial charge in [0.1, 0.15) is 5.82 Å². The molecule has 4 nitrogen and oxygen atoms in total. The molecule has 0 radical (unpaired) electrons. The first-order valence-electron chi connectivity index (χ1n) is 7.50. The number of aliphatic hydroxyl groups excluding tert-OH is 1. The molecule has 1 aliphatic rings. The third-order valence-corrected chi connectivity index (χ3v) is 4.74. The summed E-state index contributed by atoms with van der Waals surface area (Å²) in [5.41, 5.74) is 0.238. The van der Waals surface area contributed by atoms with Crippen molar-refractivity contribution in [2.45, 2.75) is 45.4 Å². The fraction of sp³-hybridized carbons (Fsp3) is 0.500. The zero-order valence-corrected chi connectivity index (χ0v) is 13.4. The number of hydrogen-bond acceptors (Lipinski definition) is 3. The van der Waals surface area contributed by atoms with E-state index in [0.717, 1.165) is 10.9 Å². The molecule has 1 aliphatic heterocycles. The van der Waals surface area contributed by atoms with Crippen LogP contribution in [0.5, 0.6) is 0 Å². The van der Waals surface area contributed by atoms with E-state index in [1.807, 2.05) is 44.5 Å². The number of rotatable bonds is 3. The van der Waals surface area contributed by atoms with Crippen molar-refractivity contribution in [2.24, 2.45) is 0 Å². The molecule has 1 saturated heterocycles. The molecule has 0 bridgehead atoms. The highest BCUT2D eigenvalue weighted by Crippen LogP contribution is 2.36. The molecule has 22 heavy (non-hydrogen) atoms. The van der Waals surface area contributed by atoms with Gasteiger partial charge in [0.05, 0.1) is 17.8 Å². The summed E-state index contributed by atoms with van der Waals surface area (Å²) in [4.78, 5) is 0. The first kappa shape index (κ1) is 15.5. The highest BCUT2D eigenvalue weighted by atomic mass is 19.1. The van der Waals surface area contributed by atoms with Crippen molar-refractivity contribution in [3.63, 3.8) is 0 Å². The minimum Gasteiger partial charge on any atom is -0.399 e. The van der Waals surface area contributed by atoms with Crippen LogP contribution in [0, 0.1) is 5.82 Å². The second kappa shape index (κ2) is 5.08. The smallest absolute Gasteiger partial charge is 0.399 e. The van der Waals surface area contributed by atoms with Gasteiger partial charge in [0.25, 0.3) is 0 Å². The topological polar surface area (TPSA) is 43.6 Å². The highest BCUT2D eigenvalue weighted by Gasteiger charge is 2.52. The number of aliphatic hydroxyl groups is 1. The van der Waals surface area contributed by atoms with Gasteiger partial charge >= 0.3 is 7.12 Å². The molecule has 6 heteroatoms. The molecule has 1 fully saturated rings. The van der Waals surface area contributed by atoms with Gasteiger partial charge in [-0.1, -0.05) is 0 Å². The maximum absolute atomic E-state index is 14.5. The third kappa shape index (κ3) is 2.35.